The first-order chi connectivity index (χ1) is 6.75. The van der Waals surface area contributed by atoms with Gasteiger partial charge in [0.25, 0.3) is 0 Å². The summed E-state index contributed by atoms with van der Waals surface area (Å²) in [7, 11) is 0. The van der Waals surface area contributed by atoms with Gasteiger partial charge in [-0.2, -0.15) is 5.10 Å². The quantitative estimate of drug-likeness (QED) is 0.848. The van der Waals surface area contributed by atoms with Gasteiger partial charge in [0.1, 0.15) is 0 Å². The van der Waals surface area contributed by atoms with Crippen molar-refractivity contribution in [3.63, 3.8) is 0 Å². The molecule has 0 amide bonds. The number of hydrogen-bond donors (Lipinski definition) is 1. The minimum absolute atomic E-state index is 0.273. The summed E-state index contributed by atoms with van der Waals surface area (Å²) >= 11 is 11.5. The SMILES string of the molecule is Clc1cc(CC2CCCN2)nnc1Cl. The van der Waals surface area contributed by atoms with Gasteiger partial charge in [0.15, 0.2) is 5.15 Å². The maximum Gasteiger partial charge on any atom is 0.170 e. The van der Waals surface area contributed by atoms with Crippen molar-refractivity contribution in [1.29, 1.82) is 0 Å². The molecule has 1 aromatic heterocycles. The summed E-state index contributed by atoms with van der Waals surface area (Å²) in [5.74, 6) is 0. The van der Waals surface area contributed by atoms with Gasteiger partial charge in [0.05, 0.1) is 10.7 Å². The van der Waals surface area contributed by atoms with Crippen molar-refractivity contribution >= 4 is 23.2 Å². The molecule has 0 radical (unpaired) electrons. The van der Waals surface area contributed by atoms with Gasteiger partial charge < -0.3 is 5.32 Å². The summed E-state index contributed by atoms with van der Waals surface area (Å²) in [6.45, 7) is 1.10. The van der Waals surface area contributed by atoms with Crippen LogP contribution in [0, 0.1) is 0 Å². The van der Waals surface area contributed by atoms with Crippen molar-refractivity contribution < 1.29 is 0 Å². The van der Waals surface area contributed by atoms with E-state index in [1.54, 1.807) is 6.07 Å². The van der Waals surface area contributed by atoms with Crippen molar-refractivity contribution in [1.82, 2.24) is 15.5 Å². The second-order valence-electron chi connectivity index (χ2n) is 3.47. The summed E-state index contributed by atoms with van der Waals surface area (Å²) in [6.07, 6.45) is 3.31. The van der Waals surface area contributed by atoms with Gasteiger partial charge in [-0.05, 0) is 25.5 Å². The van der Waals surface area contributed by atoms with Crippen LogP contribution in [0.2, 0.25) is 10.2 Å². The zero-order valence-electron chi connectivity index (χ0n) is 7.63. The first-order valence-electron chi connectivity index (χ1n) is 4.66. The van der Waals surface area contributed by atoms with E-state index in [0.717, 1.165) is 18.7 Å². The van der Waals surface area contributed by atoms with E-state index in [1.165, 1.54) is 12.8 Å². The number of aromatic nitrogens is 2. The molecule has 0 saturated carbocycles. The Morgan fingerprint density at radius 2 is 2.29 bits per heavy atom. The summed E-state index contributed by atoms with van der Waals surface area (Å²) < 4.78 is 0. The van der Waals surface area contributed by atoms with Gasteiger partial charge in [0, 0.05) is 12.5 Å². The lowest BCUT2D eigenvalue weighted by molar-refractivity contribution is 0.590. The number of nitrogens with zero attached hydrogens (tertiary/aromatic N) is 2. The molecule has 1 atom stereocenters. The van der Waals surface area contributed by atoms with Crippen molar-refractivity contribution in [2.45, 2.75) is 25.3 Å². The topological polar surface area (TPSA) is 37.8 Å². The van der Waals surface area contributed by atoms with E-state index in [1.807, 2.05) is 0 Å². The summed E-state index contributed by atoms with van der Waals surface area (Å²) in [5.41, 5.74) is 0.902. The van der Waals surface area contributed by atoms with Crippen molar-refractivity contribution in [2.24, 2.45) is 0 Å². The summed E-state index contributed by atoms with van der Waals surface area (Å²) in [4.78, 5) is 0. The van der Waals surface area contributed by atoms with Crippen LogP contribution in [-0.4, -0.2) is 22.8 Å². The van der Waals surface area contributed by atoms with Crippen LogP contribution in [0.3, 0.4) is 0 Å². The van der Waals surface area contributed by atoms with Crippen LogP contribution >= 0.6 is 23.2 Å². The van der Waals surface area contributed by atoms with Gasteiger partial charge >= 0.3 is 0 Å². The predicted octanol–water partition coefficient (Wildman–Crippen LogP) is 2.08. The van der Waals surface area contributed by atoms with Crippen LogP contribution < -0.4 is 5.32 Å². The maximum absolute atomic E-state index is 5.84. The Balaban J connectivity index is 2.05. The Morgan fingerprint density at radius 1 is 1.43 bits per heavy atom. The van der Waals surface area contributed by atoms with E-state index in [0.29, 0.717) is 11.1 Å². The smallest absolute Gasteiger partial charge is 0.170 e. The van der Waals surface area contributed by atoms with Crippen LogP contribution in [0.5, 0.6) is 0 Å². The normalized spacial score (nSPS) is 21.4. The molecule has 1 fully saturated rings. The Hall–Kier alpha value is -0.380. The molecule has 0 aromatic carbocycles. The van der Waals surface area contributed by atoms with E-state index in [9.17, 15) is 0 Å². The largest absolute Gasteiger partial charge is 0.314 e. The molecule has 0 bridgehead atoms. The summed E-state index contributed by atoms with van der Waals surface area (Å²) in [5, 5.41) is 11.9. The molecule has 2 rings (SSSR count). The molecule has 1 saturated heterocycles. The first kappa shape index (κ1) is 10.1. The zero-order chi connectivity index (χ0) is 9.97. The average Bonchev–Trinajstić information content (AvgIpc) is 2.64. The molecule has 1 aromatic rings. The summed E-state index contributed by atoms with van der Waals surface area (Å²) in [6, 6.07) is 2.30. The fourth-order valence-corrected chi connectivity index (χ4v) is 1.93. The fraction of sp³-hybridized carbons (Fsp3) is 0.556. The lowest BCUT2D eigenvalue weighted by atomic mass is 10.1. The molecule has 76 valence electrons. The van der Waals surface area contributed by atoms with Crippen LogP contribution in [0.1, 0.15) is 18.5 Å². The number of hydrogen-bond acceptors (Lipinski definition) is 3. The van der Waals surface area contributed by atoms with E-state index >= 15 is 0 Å². The van der Waals surface area contributed by atoms with Gasteiger partial charge in [-0.15, -0.1) is 5.10 Å². The third kappa shape index (κ3) is 2.35. The van der Waals surface area contributed by atoms with Gasteiger partial charge in [-0.25, -0.2) is 0 Å². The molecule has 2 heterocycles. The highest BCUT2D eigenvalue weighted by Gasteiger charge is 2.15. The third-order valence-electron chi connectivity index (χ3n) is 2.37. The standard InChI is InChI=1S/C9H11Cl2N3/c10-8-5-7(13-14-9(8)11)4-6-2-1-3-12-6/h5-6,12H,1-4H2. The highest BCUT2D eigenvalue weighted by molar-refractivity contribution is 6.41. The second kappa shape index (κ2) is 4.43. The number of halogens is 2. The monoisotopic (exact) mass is 231 g/mol. The first-order valence-corrected chi connectivity index (χ1v) is 5.42. The number of nitrogens with one attached hydrogen (secondary N) is 1. The molecule has 0 spiro atoms. The van der Waals surface area contributed by atoms with Crippen molar-refractivity contribution in [3.8, 4) is 0 Å². The molecule has 1 aliphatic heterocycles. The molecule has 14 heavy (non-hydrogen) atoms. The molecule has 1 aliphatic rings. The molecule has 1 unspecified atom stereocenters. The zero-order valence-corrected chi connectivity index (χ0v) is 9.15. The van der Waals surface area contributed by atoms with Gasteiger partial charge in [-0.3, -0.25) is 0 Å². The van der Waals surface area contributed by atoms with Crippen molar-refractivity contribution in [3.05, 3.63) is 21.9 Å². The van der Waals surface area contributed by atoms with E-state index in [-0.39, 0.29) is 5.15 Å². The lowest BCUT2D eigenvalue weighted by Crippen LogP contribution is -2.24. The highest BCUT2D eigenvalue weighted by atomic mass is 35.5. The second-order valence-corrected chi connectivity index (χ2v) is 4.24. The maximum atomic E-state index is 5.84. The van der Waals surface area contributed by atoms with Crippen LogP contribution in [0.25, 0.3) is 0 Å². The average molecular weight is 232 g/mol. The van der Waals surface area contributed by atoms with Crippen LogP contribution in [0.15, 0.2) is 6.07 Å². The Bertz CT molecular complexity index is 324. The molecule has 5 heteroatoms. The Morgan fingerprint density at radius 3 is 2.93 bits per heavy atom. The molecule has 0 aliphatic carbocycles. The molecule has 1 N–H and O–H groups in total. The van der Waals surface area contributed by atoms with Crippen LogP contribution in [-0.2, 0) is 6.42 Å². The highest BCUT2D eigenvalue weighted by Crippen LogP contribution is 2.19. The minimum Gasteiger partial charge on any atom is -0.314 e. The lowest BCUT2D eigenvalue weighted by Gasteiger charge is -2.08. The van der Waals surface area contributed by atoms with E-state index < -0.39 is 0 Å². The molecular formula is C9H11Cl2N3. The minimum atomic E-state index is 0.273. The van der Waals surface area contributed by atoms with Crippen LogP contribution in [0.4, 0.5) is 0 Å². The molecule has 3 nitrogen and oxygen atoms in total. The Labute approximate surface area is 92.8 Å². The van der Waals surface area contributed by atoms with Gasteiger partial charge in [0.2, 0.25) is 0 Å². The van der Waals surface area contributed by atoms with Gasteiger partial charge in [-0.1, -0.05) is 23.2 Å². The Kier molecular flexibility index (Phi) is 3.21. The third-order valence-corrected chi connectivity index (χ3v) is 3.04. The van der Waals surface area contributed by atoms with E-state index in [2.05, 4.69) is 15.5 Å². The predicted molar refractivity (Wildman–Crippen MR) is 56.8 cm³/mol. The number of rotatable bonds is 2. The van der Waals surface area contributed by atoms with Crippen molar-refractivity contribution in [2.75, 3.05) is 6.54 Å². The fourth-order valence-electron chi connectivity index (χ4n) is 1.67. The van der Waals surface area contributed by atoms with E-state index in [4.69, 9.17) is 23.2 Å². The molecular weight excluding hydrogens is 221 g/mol.